The lowest BCUT2D eigenvalue weighted by molar-refractivity contribution is 0.0651. The van der Waals surface area contributed by atoms with Crippen LogP contribution in [0.5, 0.6) is 0 Å². The maximum Gasteiger partial charge on any atom is 0.371 e. The monoisotopic (exact) mass is 263 g/mol. The number of rotatable bonds is 4. The van der Waals surface area contributed by atoms with Gasteiger partial charge < -0.3 is 18.8 Å². The van der Waals surface area contributed by atoms with Crippen LogP contribution in [-0.2, 0) is 6.54 Å². The average molecular weight is 263 g/mol. The number of furan rings is 2. The van der Waals surface area contributed by atoms with E-state index >= 15 is 0 Å². The average Bonchev–Trinajstić information content (AvgIpc) is 2.97. The fourth-order valence-corrected chi connectivity index (χ4v) is 1.63. The molecule has 0 bridgehead atoms. The van der Waals surface area contributed by atoms with Crippen molar-refractivity contribution in [3.63, 3.8) is 0 Å². The molecule has 6 nitrogen and oxygen atoms in total. The van der Waals surface area contributed by atoms with Crippen molar-refractivity contribution < 1.29 is 23.5 Å². The number of aryl methyl sites for hydroxylation is 1. The van der Waals surface area contributed by atoms with Gasteiger partial charge in [-0.2, -0.15) is 0 Å². The third-order valence-electron chi connectivity index (χ3n) is 2.56. The third-order valence-corrected chi connectivity index (χ3v) is 2.56. The Balaban J connectivity index is 2.07. The summed E-state index contributed by atoms with van der Waals surface area (Å²) < 4.78 is 10.3. The molecular formula is C13H13NO5. The van der Waals surface area contributed by atoms with Crippen LogP contribution in [0.4, 0.5) is 0 Å². The Morgan fingerprint density at radius 3 is 2.37 bits per heavy atom. The van der Waals surface area contributed by atoms with Crippen molar-refractivity contribution in [2.75, 3.05) is 7.05 Å². The van der Waals surface area contributed by atoms with Crippen molar-refractivity contribution >= 4 is 11.9 Å². The van der Waals surface area contributed by atoms with Crippen molar-refractivity contribution in [3.8, 4) is 0 Å². The highest BCUT2D eigenvalue weighted by Crippen LogP contribution is 2.13. The number of carbonyl (C=O) groups is 2. The number of amides is 1. The fourth-order valence-electron chi connectivity index (χ4n) is 1.63. The van der Waals surface area contributed by atoms with E-state index in [1.165, 1.54) is 17.0 Å². The highest BCUT2D eigenvalue weighted by molar-refractivity contribution is 5.93. The Labute approximate surface area is 109 Å². The molecule has 0 aliphatic carbocycles. The zero-order chi connectivity index (χ0) is 14.0. The Bertz CT molecular complexity index is 610. The normalized spacial score (nSPS) is 10.4. The van der Waals surface area contributed by atoms with Gasteiger partial charge in [0.05, 0.1) is 6.54 Å². The maximum atomic E-state index is 12.0. The second kappa shape index (κ2) is 5.01. The van der Waals surface area contributed by atoms with E-state index in [4.69, 9.17) is 13.9 Å². The summed E-state index contributed by atoms with van der Waals surface area (Å²) in [5.74, 6) is -0.459. The summed E-state index contributed by atoms with van der Waals surface area (Å²) in [5, 5.41) is 8.72. The number of aromatic carboxylic acids is 1. The van der Waals surface area contributed by atoms with Crippen molar-refractivity contribution in [1.29, 1.82) is 0 Å². The molecule has 0 saturated heterocycles. The lowest BCUT2D eigenvalue weighted by Crippen LogP contribution is -2.25. The van der Waals surface area contributed by atoms with Crippen LogP contribution in [-0.4, -0.2) is 28.9 Å². The largest absolute Gasteiger partial charge is 0.475 e. The first kappa shape index (κ1) is 12.9. The van der Waals surface area contributed by atoms with Gasteiger partial charge in [0, 0.05) is 7.05 Å². The highest BCUT2D eigenvalue weighted by atomic mass is 16.4. The van der Waals surface area contributed by atoms with Crippen LogP contribution >= 0.6 is 0 Å². The molecule has 0 aromatic carbocycles. The summed E-state index contributed by atoms with van der Waals surface area (Å²) >= 11 is 0. The van der Waals surface area contributed by atoms with Gasteiger partial charge in [0.1, 0.15) is 11.5 Å². The smallest absolute Gasteiger partial charge is 0.371 e. The minimum Gasteiger partial charge on any atom is -0.475 e. The standard InChI is InChI=1S/C13H13NO5/c1-8-3-4-9(18-8)7-14(2)12(15)10-5-6-11(19-10)13(16)17/h3-6H,7H2,1-2H3,(H,16,17). The molecule has 0 spiro atoms. The summed E-state index contributed by atoms with van der Waals surface area (Å²) in [6.45, 7) is 2.10. The van der Waals surface area contributed by atoms with Crippen molar-refractivity contribution in [2.45, 2.75) is 13.5 Å². The molecule has 1 N–H and O–H groups in total. The van der Waals surface area contributed by atoms with E-state index in [-0.39, 0.29) is 18.1 Å². The molecule has 100 valence electrons. The summed E-state index contributed by atoms with van der Waals surface area (Å²) in [6.07, 6.45) is 0. The molecule has 2 rings (SSSR count). The zero-order valence-electron chi connectivity index (χ0n) is 10.5. The van der Waals surface area contributed by atoms with Crippen LogP contribution in [0.2, 0.25) is 0 Å². The molecule has 2 aromatic heterocycles. The molecular weight excluding hydrogens is 250 g/mol. The molecule has 0 aliphatic rings. The first-order valence-corrected chi connectivity index (χ1v) is 5.61. The molecule has 0 atom stereocenters. The maximum absolute atomic E-state index is 12.0. The van der Waals surface area contributed by atoms with Gasteiger partial charge in [-0.15, -0.1) is 0 Å². The van der Waals surface area contributed by atoms with Crippen molar-refractivity contribution in [1.82, 2.24) is 4.90 Å². The van der Waals surface area contributed by atoms with Gasteiger partial charge in [-0.25, -0.2) is 4.79 Å². The first-order chi connectivity index (χ1) is 8.97. The number of nitrogens with zero attached hydrogens (tertiary/aromatic N) is 1. The van der Waals surface area contributed by atoms with E-state index in [1.807, 2.05) is 13.0 Å². The second-order valence-electron chi connectivity index (χ2n) is 4.14. The van der Waals surface area contributed by atoms with Gasteiger partial charge in [-0.1, -0.05) is 0 Å². The Morgan fingerprint density at radius 1 is 1.16 bits per heavy atom. The van der Waals surface area contributed by atoms with Gasteiger partial charge in [-0.3, -0.25) is 4.79 Å². The number of carboxylic acid groups (broad SMARTS) is 1. The lowest BCUT2D eigenvalue weighted by atomic mass is 10.3. The van der Waals surface area contributed by atoms with Crippen molar-refractivity contribution in [3.05, 3.63) is 47.3 Å². The first-order valence-electron chi connectivity index (χ1n) is 5.61. The molecule has 0 aliphatic heterocycles. The van der Waals surface area contributed by atoms with Gasteiger partial charge in [0.25, 0.3) is 5.91 Å². The number of carbonyl (C=O) groups excluding carboxylic acids is 1. The minimum absolute atomic E-state index is 0.0109. The van der Waals surface area contributed by atoms with Gasteiger partial charge >= 0.3 is 5.97 Å². The summed E-state index contributed by atoms with van der Waals surface area (Å²) in [4.78, 5) is 24.0. The van der Waals surface area contributed by atoms with Crippen LogP contribution in [0, 0.1) is 6.92 Å². The van der Waals surface area contributed by atoms with Gasteiger partial charge in [0.15, 0.2) is 5.76 Å². The molecule has 0 fully saturated rings. The van der Waals surface area contributed by atoms with Crippen molar-refractivity contribution in [2.24, 2.45) is 0 Å². The van der Waals surface area contributed by atoms with Gasteiger partial charge in [0.2, 0.25) is 5.76 Å². The third kappa shape index (κ3) is 2.85. The molecule has 2 heterocycles. The Morgan fingerprint density at radius 2 is 1.84 bits per heavy atom. The topological polar surface area (TPSA) is 83.9 Å². The second-order valence-corrected chi connectivity index (χ2v) is 4.14. The van der Waals surface area contributed by atoms with Crippen LogP contribution in [0.25, 0.3) is 0 Å². The fraction of sp³-hybridized carbons (Fsp3) is 0.231. The summed E-state index contributed by atoms with van der Waals surface area (Å²) in [7, 11) is 1.59. The molecule has 1 amide bonds. The van der Waals surface area contributed by atoms with E-state index in [2.05, 4.69) is 0 Å². The molecule has 6 heteroatoms. The van der Waals surface area contributed by atoms with E-state index in [0.717, 1.165) is 5.76 Å². The van der Waals surface area contributed by atoms with Crippen LogP contribution in [0.3, 0.4) is 0 Å². The van der Waals surface area contributed by atoms with E-state index in [0.29, 0.717) is 5.76 Å². The van der Waals surface area contributed by atoms with Gasteiger partial charge in [-0.05, 0) is 31.2 Å². The Kier molecular flexibility index (Phi) is 3.41. The van der Waals surface area contributed by atoms with Crippen LogP contribution in [0.15, 0.2) is 33.1 Å². The number of hydrogen-bond acceptors (Lipinski definition) is 4. The highest BCUT2D eigenvalue weighted by Gasteiger charge is 2.19. The van der Waals surface area contributed by atoms with Crippen LogP contribution < -0.4 is 0 Å². The summed E-state index contributed by atoms with van der Waals surface area (Å²) in [5.41, 5.74) is 0. The zero-order valence-corrected chi connectivity index (χ0v) is 10.5. The number of hydrogen-bond donors (Lipinski definition) is 1. The summed E-state index contributed by atoms with van der Waals surface area (Å²) in [6, 6.07) is 6.18. The number of carboxylic acids is 1. The van der Waals surface area contributed by atoms with Crippen LogP contribution in [0.1, 0.15) is 32.6 Å². The molecule has 0 unspecified atom stereocenters. The lowest BCUT2D eigenvalue weighted by Gasteiger charge is -2.13. The van der Waals surface area contributed by atoms with E-state index < -0.39 is 11.9 Å². The minimum atomic E-state index is -1.21. The SMILES string of the molecule is Cc1ccc(CN(C)C(=O)c2ccc(C(=O)O)o2)o1. The molecule has 0 saturated carbocycles. The molecule has 19 heavy (non-hydrogen) atoms. The molecule has 2 aromatic rings. The quantitative estimate of drug-likeness (QED) is 0.913. The van der Waals surface area contributed by atoms with E-state index in [1.54, 1.807) is 13.1 Å². The predicted molar refractivity (Wildman–Crippen MR) is 64.9 cm³/mol. The molecule has 0 radical (unpaired) electrons. The Hall–Kier alpha value is -2.50. The predicted octanol–water partition coefficient (Wildman–Crippen LogP) is 2.15. The van der Waals surface area contributed by atoms with E-state index in [9.17, 15) is 9.59 Å².